The van der Waals surface area contributed by atoms with Crippen molar-refractivity contribution < 1.29 is 28.3 Å². The number of carbonyl (C=O) groups is 1. The number of imidazole rings is 1. The van der Waals surface area contributed by atoms with E-state index in [1.165, 1.54) is 36.6 Å². The van der Waals surface area contributed by atoms with Gasteiger partial charge in [0.25, 0.3) is 5.56 Å². The molecular weight excluding hydrogens is 453 g/mol. The van der Waals surface area contributed by atoms with Crippen molar-refractivity contribution in [1.29, 1.82) is 0 Å². The summed E-state index contributed by atoms with van der Waals surface area (Å²) in [6, 6.07) is 0. The van der Waals surface area contributed by atoms with Crippen molar-refractivity contribution in [2.75, 3.05) is 12.3 Å². The molecular formula is C20H31N5O7P+. The van der Waals surface area contributed by atoms with Gasteiger partial charge in [-0.1, -0.05) is 45.4 Å². The normalized spacial score (nSPS) is 20.9. The number of esters is 1. The zero-order chi connectivity index (χ0) is 23.8. The third kappa shape index (κ3) is 7.04. The second-order valence-corrected chi connectivity index (χ2v) is 8.81. The van der Waals surface area contributed by atoms with E-state index in [9.17, 15) is 14.2 Å². The molecule has 3 rings (SSSR count). The SMILES string of the molecule is CCCCCCCCCC(=O)O[C@H]1C[C@H](n2cnc3c(=O)[nH]c(N)nc32)O[C@@H]1CO[P+](=O)O. The second kappa shape index (κ2) is 12.2. The van der Waals surface area contributed by atoms with Gasteiger partial charge in [-0.2, -0.15) is 4.98 Å². The highest BCUT2D eigenvalue weighted by Crippen LogP contribution is 2.34. The van der Waals surface area contributed by atoms with Gasteiger partial charge in [-0.25, -0.2) is 4.98 Å². The van der Waals surface area contributed by atoms with Gasteiger partial charge in [0.2, 0.25) is 5.95 Å². The Morgan fingerprint density at radius 3 is 2.79 bits per heavy atom. The molecule has 1 saturated heterocycles. The molecule has 4 N–H and O–H groups in total. The first-order valence-electron chi connectivity index (χ1n) is 11.2. The van der Waals surface area contributed by atoms with Crippen LogP contribution < -0.4 is 11.3 Å². The Morgan fingerprint density at radius 1 is 1.33 bits per heavy atom. The van der Waals surface area contributed by atoms with Crippen molar-refractivity contribution >= 4 is 31.3 Å². The number of nitrogen functional groups attached to an aromatic ring is 1. The number of rotatable bonds is 13. The van der Waals surface area contributed by atoms with E-state index in [2.05, 4.69) is 21.9 Å². The van der Waals surface area contributed by atoms with Gasteiger partial charge in [-0.05, 0) is 6.42 Å². The lowest BCUT2D eigenvalue weighted by Crippen LogP contribution is -2.30. The molecule has 0 aromatic carbocycles. The number of unbranched alkanes of at least 4 members (excludes halogenated alkanes) is 6. The number of hydrogen-bond donors (Lipinski definition) is 3. The van der Waals surface area contributed by atoms with E-state index in [1.807, 2.05) is 0 Å². The quantitative estimate of drug-likeness (QED) is 0.218. The van der Waals surface area contributed by atoms with E-state index >= 15 is 0 Å². The van der Waals surface area contributed by atoms with Gasteiger partial charge in [0.15, 0.2) is 11.2 Å². The largest absolute Gasteiger partial charge is 0.694 e. The first-order valence-corrected chi connectivity index (χ1v) is 12.4. The first kappa shape index (κ1) is 25.2. The van der Waals surface area contributed by atoms with E-state index in [0.29, 0.717) is 0 Å². The molecule has 13 heteroatoms. The van der Waals surface area contributed by atoms with Gasteiger partial charge in [0.1, 0.15) is 25.0 Å². The molecule has 0 bridgehead atoms. The molecule has 0 spiro atoms. The summed E-state index contributed by atoms with van der Waals surface area (Å²) in [5.41, 5.74) is 5.49. The predicted molar refractivity (Wildman–Crippen MR) is 119 cm³/mol. The Bertz CT molecular complexity index is 1010. The molecule has 1 aliphatic rings. The fourth-order valence-electron chi connectivity index (χ4n) is 3.89. The number of anilines is 1. The summed E-state index contributed by atoms with van der Waals surface area (Å²) >= 11 is 0. The lowest BCUT2D eigenvalue weighted by Gasteiger charge is -2.16. The van der Waals surface area contributed by atoms with Gasteiger partial charge in [-0.15, -0.1) is 9.42 Å². The molecule has 1 fully saturated rings. The van der Waals surface area contributed by atoms with E-state index in [0.717, 1.165) is 19.3 Å². The molecule has 33 heavy (non-hydrogen) atoms. The van der Waals surface area contributed by atoms with Crippen molar-refractivity contribution in [3.05, 3.63) is 16.7 Å². The molecule has 0 amide bonds. The van der Waals surface area contributed by atoms with Crippen LogP contribution in [0.3, 0.4) is 0 Å². The highest BCUT2D eigenvalue weighted by Gasteiger charge is 2.41. The van der Waals surface area contributed by atoms with Crippen LogP contribution in [-0.2, 0) is 23.4 Å². The minimum Gasteiger partial charge on any atom is -0.459 e. The average Bonchev–Trinajstić information content (AvgIpc) is 3.35. The zero-order valence-corrected chi connectivity index (χ0v) is 19.5. The van der Waals surface area contributed by atoms with Gasteiger partial charge in [0, 0.05) is 17.4 Å². The maximum atomic E-state index is 12.4. The smallest absolute Gasteiger partial charge is 0.459 e. The third-order valence-electron chi connectivity index (χ3n) is 5.56. The van der Waals surface area contributed by atoms with Gasteiger partial charge < -0.3 is 15.2 Å². The molecule has 0 radical (unpaired) electrons. The van der Waals surface area contributed by atoms with Crippen LogP contribution in [-0.4, -0.2) is 49.2 Å². The minimum absolute atomic E-state index is 0.0675. The molecule has 4 atom stereocenters. The number of fused-ring (bicyclic) bond motifs is 1. The topological polar surface area (TPSA) is 172 Å². The number of carbonyl (C=O) groups excluding carboxylic acids is 1. The van der Waals surface area contributed by atoms with Crippen LogP contribution >= 0.6 is 8.25 Å². The van der Waals surface area contributed by atoms with Crippen molar-refractivity contribution in [1.82, 2.24) is 19.5 Å². The fraction of sp³-hybridized carbons (Fsp3) is 0.700. The Morgan fingerprint density at radius 2 is 2.06 bits per heavy atom. The summed E-state index contributed by atoms with van der Waals surface area (Å²) < 4.78 is 28.9. The Balaban J connectivity index is 1.61. The summed E-state index contributed by atoms with van der Waals surface area (Å²) in [6.45, 7) is 1.94. The number of nitrogens with zero attached hydrogens (tertiary/aromatic N) is 3. The zero-order valence-electron chi connectivity index (χ0n) is 18.6. The van der Waals surface area contributed by atoms with Crippen molar-refractivity contribution in [2.24, 2.45) is 0 Å². The number of hydrogen-bond acceptors (Lipinski definition) is 9. The third-order valence-corrected chi connectivity index (χ3v) is 5.93. The number of H-pyrrole nitrogens is 1. The van der Waals surface area contributed by atoms with Crippen LogP contribution in [0, 0.1) is 0 Å². The summed E-state index contributed by atoms with van der Waals surface area (Å²) in [7, 11) is -2.83. The van der Waals surface area contributed by atoms with Crippen LogP contribution in [0.4, 0.5) is 5.95 Å². The number of nitrogens with one attached hydrogen (secondary N) is 1. The van der Waals surface area contributed by atoms with E-state index in [4.69, 9.17) is 24.6 Å². The highest BCUT2D eigenvalue weighted by molar-refractivity contribution is 7.32. The maximum absolute atomic E-state index is 12.4. The molecule has 0 saturated carbocycles. The van der Waals surface area contributed by atoms with E-state index in [-0.39, 0.29) is 42.5 Å². The van der Waals surface area contributed by atoms with Crippen LogP contribution in [0.25, 0.3) is 11.2 Å². The van der Waals surface area contributed by atoms with Crippen molar-refractivity contribution in [3.63, 3.8) is 0 Å². The summed E-state index contributed by atoms with van der Waals surface area (Å²) in [4.78, 5) is 44.0. The Kier molecular flexibility index (Phi) is 9.30. The number of nitrogens with two attached hydrogens (primary N) is 1. The molecule has 182 valence electrons. The second-order valence-electron chi connectivity index (χ2n) is 8.07. The fourth-order valence-corrected chi connectivity index (χ4v) is 4.16. The van der Waals surface area contributed by atoms with Gasteiger partial charge in [-0.3, -0.25) is 19.1 Å². The number of ether oxygens (including phenoxy) is 2. The molecule has 2 aromatic heterocycles. The minimum atomic E-state index is -2.83. The number of aromatic amines is 1. The first-order chi connectivity index (χ1) is 15.9. The van der Waals surface area contributed by atoms with Crippen molar-refractivity contribution in [2.45, 2.75) is 83.1 Å². The van der Waals surface area contributed by atoms with Crippen LogP contribution in [0.1, 0.15) is 70.9 Å². The lowest BCUT2D eigenvalue weighted by atomic mass is 10.1. The lowest BCUT2D eigenvalue weighted by molar-refractivity contribution is -0.153. The molecule has 0 aliphatic carbocycles. The molecule has 1 unspecified atom stereocenters. The monoisotopic (exact) mass is 484 g/mol. The van der Waals surface area contributed by atoms with Crippen LogP contribution in [0.15, 0.2) is 11.1 Å². The van der Waals surface area contributed by atoms with Crippen LogP contribution in [0.2, 0.25) is 0 Å². The number of aromatic nitrogens is 4. The van der Waals surface area contributed by atoms with E-state index < -0.39 is 32.2 Å². The van der Waals surface area contributed by atoms with Gasteiger partial charge in [0.05, 0.1) is 6.33 Å². The molecule has 12 nitrogen and oxygen atoms in total. The predicted octanol–water partition coefficient (Wildman–Crippen LogP) is 2.71. The van der Waals surface area contributed by atoms with Crippen molar-refractivity contribution in [3.8, 4) is 0 Å². The highest BCUT2D eigenvalue weighted by atomic mass is 31.1. The maximum Gasteiger partial charge on any atom is 0.694 e. The summed E-state index contributed by atoms with van der Waals surface area (Å²) in [5.74, 6) is -0.424. The summed E-state index contributed by atoms with van der Waals surface area (Å²) in [5, 5.41) is 0. The summed E-state index contributed by atoms with van der Waals surface area (Å²) in [6.07, 6.45) is 7.38. The average molecular weight is 484 g/mol. The molecule has 1 aliphatic heterocycles. The van der Waals surface area contributed by atoms with Gasteiger partial charge >= 0.3 is 14.2 Å². The Hall–Kier alpha value is -2.40. The molecule has 3 heterocycles. The molecule has 2 aromatic rings. The Labute approximate surface area is 191 Å². The standard InChI is InChI=1S/C20H30N5O7P/c1-2-3-4-5-6-7-8-9-16(26)32-13-10-15(31-14(13)11-30-33(28)29)25-12-22-17-18(25)23-20(21)24-19(17)27/h12-15H,2-11H2,1H3,(H3-,21,23,24,27,28,29)/p+1/t13-,14+,15+/m0/s1. The van der Waals surface area contributed by atoms with E-state index in [1.54, 1.807) is 0 Å². The van der Waals surface area contributed by atoms with Crippen LogP contribution in [0.5, 0.6) is 0 Å².